The van der Waals surface area contributed by atoms with Crippen LogP contribution >= 0.6 is 11.6 Å². The molecule has 0 aliphatic heterocycles. The van der Waals surface area contributed by atoms with Crippen molar-refractivity contribution in [2.24, 2.45) is 0 Å². The maximum atomic E-state index is 13.0. The van der Waals surface area contributed by atoms with Gasteiger partial charge in [0, 0.05) is 17.8 Å². The van der Waals surface area contributed by atoms with Crippen LogP contribution in [0.3, 0.4) is 0 Å². The first-order chi connectivity index (χ1) is 9.45. The molecule has 1 aromatic carbocycles. The van der Waals surface area contributed by atoms with E-state index in [1.54, 1.807) is 19.1 Å². The molecule has 1 heterocycles. The average Bonchev–Trinajstić information content (AvgIpc) is 2.38. The second kappa shape index (κ2) is 5.88. The number of nitrogens with two attached hydrogens (primary N) is 1. The quantitative estimate of drug-likeness (QED) is 0.914. The highest BCUT2D eigenvalue weighted by atomic mass is 35.5. The van der Waals surface area contributed by atoms with Crippen molar-refractivity contribution in [3.05, 3.63) is 58.0 Å². The summed E-state index contributed by atoms with van der Waals surface area (Å²) in [5, 5.41) is 2.74. The highest BCUT2D eigenvalue weighted by molar-refractivity contribution is 6.30. The Balaban J connectivity index is 2.06. The SMILES string of the molecule is Cc1cc(C(=O)NCc2ccc(F)c(Cl)c2)cc(N)n1. The standard InChI is InChI=1S/C14H13ClFN3O/c1-8-4-10(6-13(17)19-8)14(20)18-7-9-2-3-12(16)11(15)5-9/h2-6H,7H2,1H3,(H2,17,19)(H,18,20). The summed E-state index contributed by atoms with van der Waals surface area (Å²) in [4.78, 5) is 16.0. The van der Waals surface area contributed by atoms with Crippen LogP contribution in [0, 0.1) is 12.7 Å². The Morgan fingerprint density at radius 2 is 2.15 bits per heavy atom. The number of aromatic nitrogens is 1. The van der Waals surface area contributed by atoms with E-state index in [1.807, 2.05) is 0 Å². The van der Waals surface area contributed by atoms with Gasteiger partial charge < -0.3 is 11.1 Å². The Hall–Kier alpha value is -2.14. The minimum Gasteiger partial charge on any atom is -0.384 e. The van der Waals surface area contributed by atoms with Crippen LogP contribution in [0.25, 0.3) is 0 Å². The molecule has 6 heteroatoms. The first-order valence-electron chi connectivity index (χ1n) is 5.92. The molecule has 20 heavy (non-hydrogen) atoms. The van der Waals surface area contributed by atoms with Crippen LogP contribution in [0.1, 0.15) is 21.6 Å². The molecule has 0 fully saturated rings. The molecule has 1 aromatic heterocycles. The topological polar surface area (TPSA) is 68.0 Å². The second-order valence-corrected chi connectivity index (χ2v) is 4.76. The normalized spacial score (nSPS) is 10.3. The number of nitrogen functional groups attached to an aromatic ring is 1. The molecule has 4 nitrogen and oxygen atoms in total. The van der Waals surface area contributed by atoms with Crippen LogP contribution in [0.15, 0.2) is 30.3 Å². The number of pyridine rings is 1. The van der Waals surface area contributed by atoms with Crippen molar-refractivity contribution in [1.29, 1.82) is 0 Å². The van der Waals surface area contributed by atoms with Gasteiger partial charge in [0.15, 0.2) is 0 Å². The molecule has 2 rings (SSSR count). The van der Waals surface area contributed by atoms with Crippen molar-refractivity contribution in [1.82, 2.24) is 10.3 Å². The van der Waals surface area contributed by atoms with Crippen LogP contribution in [0.4, 0.5) is 10.2 Å². The van der Waals surface area contributed by atoms with E-state index >= 15 is 0 Å². The number of carbonyl (C=O) groups is 1. The van der Waals surface area contributed by atoms with Gasteiger partial charge in [0.25, 0.3) is 5.91 Å². The maximum absolute atomic E-state index is 13.0. The number of rotatable bonds is 3. The molecule has 2 aromatic rings. The smallest absolute Gasteiger partial charge is 0.251 e. The number of nitrogens with one attached hydrogen (secondary N) is 1. The molecule has 0 unspecified atom stereocenters. The summed E-state index contributed by atoms with van der Waals surface area (Å²) in [5.74, 6) is -0.470. The Kier molecular flexibility index (Phi) is 4.20. The van der Waals surface area contributed by atoms with Gasteiger partial charge in [-0.15, -0.1) is 0 Å². The van der Waals surface area contributed by atoms with Crippen molar-refractivity contribution < 1.29 is 9.18 Å². The van der Waals surface area contributed by atoms with Crippen LogP contribution < -0.4 is 11.1 Å². The fourth-order valence-corrected chi connectivity index (χ4v) is 1.96. The van der Waals surface area contributed by atoms with Gasteiger partial charge in [0.1, 0.15) is 11.6 Å². The lowest BCUT2D eigenvalue weighted by molar-refractivity contribution is 0.0950. The number of benzene rings is 1. The van der Waals surface area contributed by atoms with Crippen molar-refractivity contribution in [3.63, 3.8) is 0 Å². The van der Waals surface area contributed by atoms with Gasteiger partial charge in [-0.25, -0.2) is 9.37 Å². The lowest BCUT2D eigenvalue weighted by atomic mass is 10.2. The van der Waals surface area contributed by atoms with Gasteiger partial charge >= 0.3 is 0 Å². The summed E-state index contributed by atoms with van der Waals surface area (Å²) < 4.78 is 13.0. The highest BCUT2D eigenvalue weighted by Gasteiger charge is 2.08. The van der Waals surface area contributed by atoms with E-state index < -0.39 is 5.82 Å². The molecule has 0 spiro atoms. The Labute approximate surface area is 120 Å². The van der Waals surface area contributed by atoms with Gasteiger partial charge in [-0.3, -0.25) is 4.79 Å². The molecule has 0 radical (unpaired) electrons. The molecule has 0 saturated carbocycles. The second-order valence-electron chi connectivity index (χ2n) is 4.35. The summed E-state index contributed by atoms with van der Waals surface area (Å²) >= 11 is 5.68. The predicted octanol–water partition coefficient (Wildman–Crippen LogP) is 2.69. The number of nitrogens with zero attached hydrogens (tertiary/aromatic N) is 1. The molecule has 0 bridgehead atoms. The van der Waals surface area contributed by atoms with E-state index in [0.29, 0.717) is 22.6 Å². The summed E-state index contributed by atoms with van der Waals surface area (Å²) in [6.07, 6.45) is 0. The van der Waals surface area contributed by atoms with Crippen LogP contribution in [-0.4, -0.2) is 10.9 Å². The predicted molar refractivity (Wildman–Crippen MR) is 76.0 cm³/mol. The first-order valence-corrected chi connectivity index (χ1v) is 6.30. The Bertz CT molecular complexity index is 641. The summed E-state index contributed by atoms with van der Waals surface area (Å²) in [7, 11) is 0. The largest absolute Gasteiger partial charge is 0.384 e. The van der Waals surface area contributed by atoms with E-state index in [0.717, 1.165) is 0 Å². The molecule has 3 N–H and O–H groups in total. The first kappa shape index (κ1) is 14.3. The molecular weight excluding hydrogens is 281 g/mol. The maximum Gasteiger partial charge on any atom is 0.251 e. The van der Waals surface area contributed by atoms with E-state index in [-0.39, 0.29) is 17.5 Å². The molecule has 1 amide bonds. The van der Waals surface area contributed by atoms with Crippen molar-refractivity contribution in [3.8, 4) is 0 Å². The van der Waals surface area contributed by atoms with E-state index in [9.17, 15) is 9.18 Å². The van der Waals surface area contributed by atoms with Crippen molar-refractivity contribution in [2.45, 2.75) is 13.5 Å². The van der Waals surface area contributed by atoms with Crippen LogP contribution in [0.2, 0.25) is 5.02 Å². The van der Waals surface area contributed by atoms with E-state index in [2.05, 4.69) is 10.3 Å². The number of hydrogen-bond donors (Lipinski definition) is 2. The molecular formula is C14H13ClFN3O. The Morgan fingerprint density at radius 1 is 1.40 bits per heavy atom. The number of amides is 1. The van der Waals surface area contributed by atoms with Crippen LogP contribution in [0.5, 0.6) is 0 Å². The zero-order valence-corrected chi connectivity index (χ0v) is 11.5. The summed E-state index contributed by atoms with van der Waals surface area (Å²) in [5.41, 5.74) is 7.40. The third-order valence-corrected chi connectivity index (χ3v) is 2.96. The molecule has 104 valence electrons. The molecule has 0 atom stereocenters. The number of aryl methyl sites for hydroxylation is 1. The fraction of sp³-hybridized carbons (Fsp3) is 0.143. The van der Waals surface area contributed by atoms with Crippen molar-refractivity contribution in [2.75, 3.05) is 5.73 Å². The third kappa shape index (κ3) is 3.45. The monoisotopic (exact) mass is 293 g/mol. The lowest BCUT2D eigenvalue weighted by Gasteiger charge is -2.07. The highest BCUT2D eigenvalue weighted by Crippen LogP contribution is 2.16. The molecule has 0 aliphatic rings. The van der Waals surface area contributed by atoms with Crippen molar-refractivity contribution >= 4 is 23.3 Å². The van der Waals surface area contributed by atoms with Gasteiger partial charge in [-0.05, 0) is 36.8 Å². The number of halogens is 2. The Morgan fingerprint density at radius 3 is 2.80 bits per heavy atom. The summed E-state index contributed by atoms with van der Waals surface area (Å²) in [6.45, 7) is 2.01. The third-order valence-electron chi connectivity index (χ3n) is 2.67. The number of hydrogen-bond acceptors (Lipinski definition) is 3. The van der Waals surface area contributed by atoms with E-state index in [1.165, 1.54) is 18.2 Å². The van der Waals surface area contributed by atoms with Gasteiger partial charge in [0.05, 0.1) is 5.02 Å². The van der Waals surface area contributed by atoms with E-state index in [4.69, 9.17) is 17.3 Å². The zero-order chi connectivity index (χ0) is 14.7. The summed E-state index contributed by atoms with van der Waals surface area (Å²) in [6, 6.07) is 7.44. The minimum absolute atomic E-state index is 0.0285. The van der Waals surface area contributed by atoms with Gasteiger partial charge in [0.2, 0.25) is 0 Å². The molecule has 0 saturated heterocycles. The minimum atomic E-state index is -0.487. The number of carbonyl (C=O) groups excluding carboxylic acids is 1. The van der Waals surface area contributed by atoms with Crippen LogP contribution in [-0.2, 0) is 6.54 Å². The molecule has 0 aliphatic carbocycles. The fourth-order valence-electron chi connectivity index (χ4n) is 1.76. The number of anilines is 1. The van der Waals surface area contributed by atoms with Gasteiger partial charge in [-0.1, -0.05) is 17.7 Å². The zero-order valence-electron chi connectivity index (χ0n) is 10.8. The lowest BCUT2D eigenvalue weighted by Crippen LogP contribution is -2.23. The average molecular weight is 294 g/mol. The van der Waals surface area contributed by atoms with Gasteiger partial charge in [-0.2, -0.15) is 0 Å².